The topological polar surface area (TPSA) is 52.6 Å². The Morgan fingerprint density at radius 1 is 0.857 bits per heavy atom. The average molecular weight is 373 g/mol. The van der Waals surface area contributed by atoms with Crippen LogP contribution in [0.25, 0.3) is 0 Å². The van der Waals surface area contributed by atoms with Crippen molar-refractivity contribution in [3.05, 3.63) is 78.6 Å². The molecule has 28 heavy (non-hydrogen) atoms. The molecule has 0 N–H and O–H groups in total. The number of carbonyl (C=O) groups is 1. The molecule has 0 saturated carbocycles. The lowest BCUT2D eigenvalue weighted by atomic mass is 10.2. The fourth-order valence-corrected chi connectivity index (χ4v) is 3.36. The molecule has 0 atom stereocenters. The van der Waals surface area contributed by atoms with Gasteiger partial charge < -0.3 is 14.7 Å². The molecule has 1 saturated heterocycles. The van der Waals surface area contributed by atoms with Crippen molar-refractivity contribution in [2.75, 3.05) is 47.9 Å². The monoisotopic (exact) mass is 373 g/mol. The molecule has 2 heterocycles. The third-order valence-electron chi connectivity index (χ3n) is 4.99. The van der Waals surface area contributed by atoms with Gasteiger partial charge in [-0.25, -0.2) is 9.97 Å². The van der Waals surface area contributed by atoms with E-state index >= 15 is 0 Å². The van der Waals surface area contributed by atoms with Crippen LogP contribution in [0, 0.1) is 0 Å². The summed E-state index contributed by atoms with van der Waals surface area (Å²) in [6, 6.07) is 21.6. The Bertz CT molecular complexity index is 924. The standard InChI is InChI=1S/C22H23N5O/c1-25(18-8-4-2-5-9-18)21(28)20-12-13-23-22(24-20)27-16-14-26(15-17-27)19-10-6-3-7-11-19/h2-13H,14-17H2,1H3. The lowest BCUT2D eigenvalue weighted by Crippen LogP contribution is -2.47. The van der Waals surface area contributed by atoms with Crippen LogP contribution in [0.5, 0.6) is 0 Å². The molecular formula is C22H23N5O. The van der Waals surface area contributed by atoms with Gasteiger partial charge in [-0.05, 0) is 30.3 Å². The maximum absolute atomic E-state index is 12.8. The first kappa shape index (κ1) is 18.0. The second-order valence-corrected chi connectivity index (χ2v) is 6.75. The van der Waals surface area contributed by atoms with E-state index < -0.39 is 0 Å². The normalized spacial score (nSPS) is 14.0. The predicted octanol–water partition coefficient (Wildman–Crippen LogP) is 3.08. The molecule has 3 aromatic rings. The van der Waals surface area contributed by atoms with Crippen molar-refractivity contribution in [2.45, 2.75) is 0 Å². The molecular weight excluding hydrogens is 350 g/mol. The second-order valence-electron chi connectivity index (χ2n) is 6.75. The van der Waals surface area contributed by atoms with Gasteiger partial charge in [0.1, 0.15) is 5.69 Å². The number of para-hydroxylation sites is 2. The molecule has 0 spiro atoms. The quantitative estimate of drug-likeness (QED) is 0.703. The van der Waals surface area contributed by atoms with E-state index in [1.807, 2.05) is 36.4 Å². The summed E-state index contributed by atoms with van der Waals surface area (Å²) in [5, 5.41) is 0. The Hall–Kier alpha value is -3.41. The Morgan fingerprint density at radius 3 is 2.14 bits per heavy atom. The van der Waals surface area contributed by atoms with Crippen molar-refractivity contribution in [2.24, 2.45) is 0 Å². The molecule has 2 aromatic carbocycles. The van der Waals surface area contributed by atoms with Gasteiger partial charge in [-0.3, -0.25) is 4.79 Å². The number of hydrogen-bond donors (Lipinski definition) is 0. The van der Waals surface area contributed by atoms with E-state index in [4.69, 9.17) is 0 Å². The first-order valence-electron chi connectivity index (χ1n) is 9.43. The number of carbonyl (C=O) groups excluding carboxylic acids is 1. The molecule has 0 aliphatic carbocycles. The van der Waals surface area contributed by atoms with E-state index in [0.717, 1.165) is 31.9 Å². The highest BCUT2D eigenvalue weighted by Gasteiger charge is 2.21. The molecule has 1 aromatic heterocycles. The lowest BCUT2D eigenvalue weighted by Gasteiger charge is -2.36. The van der Waals surface area contributed by atoms with Crippen molar-refractivity contribution in [3.63, 3.8) is 0 Å². The van der Waals surface area contributed by atoms with Crippen LogP contribution >= 0.6 is 0 Å². The minimum atomic E-state index is -0.141. The molecule has 4 rings (SSSR count). The van der Waals surface area contributed by atoms with E-state index in [9.17, 15) is 4.79 Å². The number of rotatable bonds is 4. The van der Waals surface area contributed by atoms with Crippen molar-refractivity contribution < 1.29 is 4.79 Å². The van der Waals surface area contributed by atoms with Crippen molar-refractivity contribution in [3.8, 4) is 0 Å². The van der Waals surface area contributed by atoms with Crippen molar-refractivity contribution in [1.29, 1.82) is 0 Å². The Labute approximate surface area is 165 Å². The van der Waals surface area contributed by atoms with Crippen molar-refractivity contribution >= 4 is 23.2 Å². The van der Waals surface area contributed by atoms with Gasteiger partial charge in [-0.1, -0.05) is 36.4 Å². The highest BCUT2D eigenvalue weighted by atomic mass is 16.2. The molecule has 1 aliphatic heterocycles. The summed E-state index contributed by atoms with van der Waals surface area (Å²) in [6.07, 6.45) is 1.66. The van der Waals surface area contributed by atoms with Crippen LogP contribution in [0.2, 0.25) is 0 Å². The maximum atomic E-state index is 12.8. The van der Waals surface area contributed by atoms with Gasteiger partial charge in [0.15, 0.2) is 0 Å². The first-order chi connectivity index (χ1) is 13.7. The van der Waals surface area contributed by atoms with E-state index in [1.54, 1.807) is 24.2 Å². The van der Waals surface area contributed by atoms with Gasteiger partial charge in [0, 0.05) is 50.8 Å². The highest BCUT2D eigenvalue weighted by molar-refractivity contribution is 6.04. The number of aromatic nitrogens is 2. The highest BCUT2D eigenvalue weighted by Crippen LogP contribution is 2.19. The van der Waals surface area contributed by atoms with E-state index in [0.29, 0.717) is 11.6 Å². The number of benzene rings is 2. The molecule has 0 bridgehead atoms. The lowest BCUT2D eigenvalue weighted by molar-refractivity contribution is 0.0988. The summed E-state index contributed by atoms with van der Waals surface area (Å²) < 4.78 is 0. The van der Waals surface area contributed by atoms with E-state index in [-0.39, 0.29) is 5.91 Å². The Morgan fingerprint density at radius 2 is 1.46 bits per heavy atom. The minimum Gasteiger partial charge on any atom is -0.368 e. The summed E-state index contributed by atoms with van der Waals surface area (Å²) >= 11 is 0. The number of piperazine rings is 1. The third kappa shape index (κ3) is 3.81. The maximum Gasteiger partial charge on any atom is 0.276 e. The minimum absolute atomic E-state index is 0.141. The zero-order valence-corrected chi connectivity index (χ0v) is 15.9. The molecule has 1 aliphatic rings. The molecule has 6 nitrogen and oxygen atoms in total. The molecule has 1 fully saturated rings. The molecule has 1 amide bonds. The summed E-state index contributed by atoms with van der Waals surface area (Å²) in [7, 11) is 1.76. The average Bonchev–Trinajstić information content (AvgIpc) is 2.79. The molecule has 142 valence electrons. The van der Waals surface area contributed by atoms with Gasteiger partial charge in [-0.15, -0.1) is 0 Å². The Kier molecular flexibility index (Phi) is 5.19. The van der Waals surface area contributed by atoms with Gasteiger partial charge in [0.05, 0.1) is 0 Å². The predicted molar refractivity (Wildman–Crippen MR) is 112 cm³/mol. The van der Waals surface area contributed by atoms with Crippen molar-refractivity contribution in [1.82, 2.24) is 9.97 Å². The molecule has 0 unspecified atom stereocenters. The zero-order chi connectivity index (χ0) is 19.3. The summed E-state index contributed by atoms with van der Waals surface area (Å²) in [6.45, 7) is 3.44. The fraction of sp³-hybridized carbons (Fsp3) is 0.227. The smallest absolute Gasteiger partial charge is 0.276 e. The van der Waals surface area contributed by atoms with Gasteiger partial charge in [-0.2, -0.15) is 0 Å². The molecule has 0 radical (unpaired) electrons. The van der Waals surface area contributed by atoms with E-state index in [1.165, 1.54) is 5.69 Å². The van der Waals surface area contributed by atoms with Crippen LogP contribution in [0.1, 0.15) is 10.5 Å². The summed E-state index contributed by atoms with van der Waals surface area (Å²) in [4.78, 5) is 27.9. The molecule has 6 heteroatoms. The fourth-order valence-electron chi connectivity index (χ4n) is 3.36. The largest absolute Gasteiger partial charge is 0.368 e. The van der Waals surface area contributed by atoms with Gasteiger partial charge in [0.2, 0.25) is 5.95 Å². The second kappa shape index (κ2) is 8.08. The van der Waals surface area contributed by atoms with Crippen LogP contribution < -0.4 is 14.7 Å². The summed E-state index contributed by atoms with van der Waals surface area (Å²) in [5.41, 5.74) is 2.47. The van der Waals surface area contributed by atoms with Crippen LogP contribution in [-0.2, 0) is 0 Å². The number of hydrogen-bond acceptors (Lipinski definition) is 5. The number of nitrogens with zero attached hydrogens (tertiary/aromatic N) is 5. The number of anilines is 3. The first-order valence-corrected chi connectivity index (χ1v) is 9.43. The van der Waals surface area contributed by atoms with Gasteiger partial charge in [0.25, 0.3) is 5.91 Å². The van der Waals surface area contributed by atoms with Crippen LogP contribution in [0.3, 0.4) is 0 Å². The van der Waals surface area contributed by atoms with E-state index in [2.05, 4.69) is 44.0 Å². The third-order valence-corrected chi connectivity index (χ3v) is 4.99. The summed E-state index contributed by atoms with van der Waals surface area (Å²) in [5.74, 6) is 0.470. The van der Waals surface area contributed by atoms with Gasteiger partial charge >= 0.3 is 0 Å². The number of amides is 1. The Balaban J connectivity index is 1.45. The zero-order valence-electron chi connectivity index (χ0n) is 15.9. The SMILES string of the molecule is CN(C(=O)c1ccnc(N2CCN(c3ccccc3)CC2)n1)c1ccccc1. The van der Waals surface area contributed by atoms with Crippen LogP contribution in [0.4, 0.5) is 17.3 Å². The van der Waals surface area contributed by atoms with Crippen LogP contribution in [0.15, 0.2) is 72.9 Å². The van der Waals surface area contributed by atoms with Crippen LogP contribution in [-0.4, -0.2) is 49.1 Å².